The maximum atomic E-state index is 13.3. The third-order valence-corrected chi connectivity index (χ3v) is 3.82. The van der Waals surface area contributed by atoms with Gasteiger partial charge in [0.2, 0.25) is 0 Å². The minimum absolute atomic E-state index is 0.210. The minimum atomic E-state index is -0.934. The lowest BCUT2D eigenvalue weighted by molar-refractivity contribution is 0.0983. The lowest BCUT2D eigenvalue weighted by Gasteiger charge is -2.20. The molecule has 4 nitrogen and oxygen atoms in total. The summed E-state index contributed by atoms with van der Waals surface area (Å²) < 4.78 is 26.2. The highest BCUT2D eigenvalue weighted by molar-refractivity contribution is 6.04. The summed E-state index contributed by atoms with van der Waals surface area (Å²) in [4.78, 5) is 18.5. The number of benzene rings is 2. The molecule has 132 valence electrons. The molecule has 0 saturated carbocycles. The molecule has 3 aromatic rings. The highest BCUT2D eigenvalue weighted by Crippen LogP contribution is 2.20. The summed E-state index contributed by atoms with van der Waals surface area (Å²) in [6.45, 7) is 2.41. The zero-order valence-corrected chi connectivity index (χ0v) is 14.1. The lowest BCUT2D eigenvalue weighted by Crippen LogP contribution is -2.31. The van der Waals surface area contributed by atoms with Crippen molar-refractivity contribution in [2.75, 3.05) is 16.8 Å². The molecule has 0 aliphatic rings. The van der Waals surface area contributed by atoms with Crippen molar-refractivity contribution in [2.45, 2.75) is 6.92 Å². The number of aromatic nitrogens is 1. The number of hydrogen-bond acceptors (Lipinski definition) is 3. The first kappa shape index (κ1) is 17.5. The van der Waals surface area contributed by atoms with E-state index < -0.39 is 11.6 Å². The van der Waals surface area contributed by atoms with Crippen LogP contribution < -0.4 is 10.2 Å². The van der Waals surface area contributed by atoms with E-state index in [1.807, 2.05) is 37.3 Å². The quantitative estimate of drug-likeness (QED) is 0.719. The molecule has 0 spiro atoms. The van der Waals surface area contributed by atoms with Crippen LogP contribution >= 0.6 is 0 Å². The molecule has 0 atom stereocenters. The van der Waals surface area contributed by atoms with E-state index in [1.165, 1.54) is 12.3 Å². The lowest BCUT2D eigenvalue weighted by atomic mass is 10.2. The van der Waals surface area contributed by atoms with Gasteiger partial charge in [-0.2, -0.15) is 0 Å². The normalized spacial score (nSPS) is 10.4. The molecule has 1 N–H and O–H groups in total. The first-order valence-corrected chi connectivity index (χ1v) is 8.13. The molecule has 0 aliphatic heterocycles. The molecule has 0 bridgehead atoms. The molecule has 0 radical (unpaired) electrons. The molecule has 3 rings (SSSR count). The van der Waals surface area contributed by atoms with Crippen molar-refractivity contribution in [2.24, 2.45) is 0 Å². The fourth-order valence-electron chi connectivity index (χ4n) is 2.52. The molecule has 1 amide bonds. The van der Waals surface area contributed by atoms with Gasteiger partial charge in [-0.1, -0.05) is 18.2 Å². The number of pyridine rings is 1. The summed E-state index contributed by atoms with van der Waals surface area (Å²) in [5.41, 5.74) is 2.05. The summed E-state index contributed by atoms with van der Waals surface area (Å²) in [7, 11) is 0. The second kappa shape index (κ2) is 7.74. The van der Waals surface area contributed by atoms with Crippen molar-refractivity contribution in [1.82, 2.24) is 4.98 Å². The molecule has 6 heteroatoms. The average molecular weight is 353 g/mol. The second-order valence-electron chi connectivity index (χ2n) is 5.57. The Hall–Kier alpha value is -3.28. The van der Waals surface area contributed by atoms with Crippen LogP contribution in [0, 0.1) is 11.6 Å². The number of anilines is 3. The van der Waals surface area contributed by atoms with Crippen LogP contribution in [-0.2, 0) is 0 Å². The fourth-order valence-corrected chi connectivity index (χ4v) is 2.52. The van der Waals surface area contributed by atoms with Gasteiger partial charge in [-0.05, 0) is 43.3 Å². The van der Waals surface area contributed by atoms with Crippen LogP contribution in [0.2, 0.25) is 0 Å². The molecule has 26 heavy (non-hydrogen) atoms. The minimum Gasteiger partial charge on any atom is -0.354 e. The Bertz CT molecular complexity index is 899. The Morgan fingerprint density at radius 1 is 1.00 bits per heavy atom. The summed E-state index contributed by atoms with van der Waals surface area (Å²) in [6.07, 6.45) is 1.48. The van der Waals surface area contributed by atoms with Crippen LogP contribution in [0.3, 0.4) is 0 Å². The Balaban J connectivity index is 1.76. The molecule has 1 heterocycles. The van der Waals surface area contributed by atoms with Crippen LogP contribution in [0.4, 0.5) is 25.8 Å². The summed E-state index contributed by atoms with van der Waals surface area (Å²) in [5.74, 6) is -2.05. The molecule has 0 saturated heterocycles. The Morgan fingerprint density at radius 3 is 2.35 bits per heavy atom. The predicted octanol–water partition coefficient (Wildman–Crippen LogP) is 4.77. The number of para-hydroxylation sites is 1. The van der Waals surface area contributed by atoms with Gasteiger partial charge in [-0.25, -0.2) is 13.8 Å². The third-order valence-electron chi connectivity index (χ3n) is 3.82. The van der Waals surface area contributed by atoms with Crippen molar-refractivity contribution in [3.05, 3.63) is 84.2 Å². The van der Waals surface area contributed by atoms with Gasteiger partial charge >= 0.3 is 0 Å². The smallest absolute Gasteiger partial charge is 0.276 e. The molecule has 0 unspecified atom stereocenters. The van der Waals surface area contributed by atoms with E-state index in [9.17, 15) is 13.6 Å². The Labute approximate surface area is 150 Å². The van der Waals surface area contributed by atoms with Crippen LogP contribution in [-0.4, -0.2) is 17.4 Å². The van der Waals surface area contributed by atoms with Gasteiger partial charge in [0.25, 0.3) is 5.91 Å². The number of halogens is 2. The summed E-state index contributed by atoms with van der Waals surface area (Å²) in [6, 6.07) is 16.1. The van der Waals surface area contributed by atoms with E-state index in [1.54, 1.807) is 17.0 Å². The summed E-state index contributed by atoms with van der Waals surface area (Å²) in [5, 5.41) is 2.92. The number of nitrogens with one attached hydrogen (secondary N) is 1. The zero-order valence-electron chi connectivity index (χ0n) is 14.1. The largest absolute Gasteiger partial charge is 0.354 e. The highest BCUT2D eigenvalue weighted by atomic mass is 19.2. The Kier molecular flexibility index (Phi) is 5.22. The van der Waals surface area contributed by atoms with Crippen molar-refractivity contribution in [1.29, 1.82) is 0 Å². The van der Waals surface area contributed by atoms with E-state index in [0.717, 1.165) is 17.8 Å². The number of hydrogen-bond donors (Lipinski definition) is 1. The first-order chi connectivity index (χ1) is 12.6. The topological polar surface area (TPSA) is 45.2 Å². The predicted molar refractivity (Wildman–Crippen MR) is 97.7 cm³/mol. The van der Waals surface area contributed by atoms with Gasteiger partial charge in [0.1, 0.15) is 5.69 Å². The number of carbonyl (C=O) groups is 1. The second-order valence-corrected chi connectivity index (χ2v) is 5.57. The van der Waals surface area contributed by atoms with Crippen LogP contribution in [0.15, 0.2) is 66.9 Å². The SMILES string of the molecule is CCN(C(=O)c1ccc(Nc2ccc(F)c(F)c2)cn1)c1ccccc1. The highest BCUT2D eigenvalue weighted by Gasteiger charge is 2.17. The maximum absolute atomic E-state index is 13.3. The van der Waals surface area contributed by atoms with Crippen LogP contribution in [0.1, 0.15) is 17.4 Å². The van der Waals surface area contributed by atoms with Crippen molar-refractivity contribution >= 4 is 23.0 Å². The van der Waals surface area contributed by atoms with Crippen LogP contribution in [0.5, 0.6) is 0 Å². The summed E-state index contributed by atoms with van der Waals surface area (Å²) >= 11 is 0. The number of amides is 1. The van der Waals surface area contributed by atoms with Gasteiger partial charge in [0.05, 0.1) is 11.9 Å². The molecular formula is C20H17F2N3O. The Morgan fingerprint density at radius 2 is 1.73 bits per heavy atom. The number of rotatable bonds is 5. The van der Waals surface area contributed by atoms with Crippen LogP contribution in [0.25, 0.3) is 0 Å². The number of carbonyl (C=O) groups excluding carboxylic acids is 1. The van der Waals surface area contributed by atoms with Gasteiger partial charge in [0, 0.05) is 24.0 Å². The first-order valence-electron chi connectivity index (χ1n) is 8.13. The monoisotopic (exact) mass is 353 g/mol. The van der Waals surface area contributed by atoms with E-state index in [2.05, 4.69) is 10.3 Å². The molecular weight excluding hydrogens is 336 g/mol. The van der Waals surface area contributed by atoms with Crippen molar-refractivity contribution in [3.63, 3.8) is 0 Å². The average Bonchev–Trinajstić information content (AvgIpc) is 2.67. The van der Waals surface area contributed by atoms with Gasteiger partial charge in [-0.15, -0.1) is 0 Å². The van der Waals surface area contributed by atoms with Crippen molar-refractivity contribution < 1.29 is 13.6 Å². The van der Waals surface area contributed by atoms with E-state index in [0.29, 0.717) is 23.6 Å². The molecule has 0 aliphatic carbocycles. The molecule has 2 aromatic carbocycles. The standard InChI is InChI=1S/C20H17F2N3O/c1-2-25(16-6-4-3-5-7-16)20(26)19-11-9-15(13-23-19)24-14-8-10-17(21)18(22)12-14/h3-13,24H,2H2,1H3. The molecule has 0 fully saturated rings. The third kappa shape index (κ3) is 3.85. The van der Waals surface area contributed by atoms with E-state index >= 15 is 0 Å². The zero-order chi connectivity index (χ0) is 18.5. The van der Waals surface area contributed by atoms with Gasteiger partial charge in [0.15, 0.2) is 11.6 Å². The van der Waals surface area contributed by atoms with E-state index in [-0.39, 0.29) is 5.91 Å². The number of nitrogens with zero attached hydrogens (tertiary/aromatic N) is 2. The fraction of sp³-hybridized carbons (Fsp3) is 0.100. The molecule has 1 aromatic heterocycles. The van der Waals surface area contributed by atoms with E-state index in [4.69, 9.17) is 0 Å². The van der Waals surface area contributed by atoms with Crippen molar-refractivity contribution in [3.8, 4) is 0 Å². The van der Waals surface area contributed by atoms with Gasteiger partial charge < -0.3 is 10.2 Å². The maximum Gasteiger partial charge on any atom is 0.276 e. The van der Waals surface area contributed by atoms with Gasteiger partial charge in [-0.3, -0.25) is 4.79 Å².